The summed E-state index contributed by atoms with van der Waals surface area (Å²) in [5, 5.41) is 17.8. The van der Waals surface area contributed by atoms with Gasteiger partial charge in [-0.3, -0.25) is 9.82 Å². The predicted octanol–water partition coefficient (Wildman–Crippen LogP) is 2.54. The van der Waals surface area contributed by atoms with Crippen molar-refractivity contribution in [1.82, 2.24) is 20.2 Å². The van der Waals surface area contributed by atoms with Crippen molar-refractivity contribution >= 4 is 32.7 Å². The van der Waals surface area contributed by atoms with E-state index in [0.29, 0.717) is 16.5 Å². The van der Waals surface area contributed by atoms with Gasteiger partial charge < -0.3 is 9.84 Å². The van der Waals surface area contributed by atoms with Crippen LogP contribution in [0.4, 0.5) is 14.5 Å². The number of benzene rings is 1. The summed E-state index contributed by atoms with van der Waals surface area (Å²) in [5.74, 6) is -3.00. The summed E-state index contributed by atoms with van der Waals surface area (Å²) in [5.41, 5.74) is 0.255. The summed E-state index contributed by atoms with van der Waals surface area (Å²) >= 11 is 0. The smallest absolute Gasteiger partial charge is 0.356 e. The molecule has 1 unspecified atom stereocenters. The largest absolute Gasteiger partial charge is 0.464 e. The number of esters is 1. The first-order chi connectivity index (χ1) is 16.1. The second-order valence-corrected chi connectivity index (χ2v) is 9.01. The molecule has 0 saturated heterocycles. The van der Waals surface area contributed by atoms with Crippen LogP contribution in [-0.4, -0.2) is 53.0 Å². The Bertz CT molecular complexity index is 1510. The van der Waals surface area contributed by atoms with Crippen LogP contribution in [0.3, 0.4) is 0 Å². The summed E-state index contributed by atoms with van der Waals surface area (Å²) in [6.45, 7) is 0. The number of fused-ring (bicyclic) bond motifs is 1. The standard InChI is InChI=1S/C21H17F2N5O5S/c1-33-21(30)15-6-3-10(8-24-15)11-7-13-17(26-27-20(13)25-9-11)19(29)12-4-5-14(22)18(16(12)23)28-34(2,31)32/h3-9,19,28-29H,1-2H3,(H,25,26,27). The fourth-order valence-corrected chi connectivity index (χ4v) is 3.85. The third kappa shape index (κ3) is 4.43. The molecule has 1 aromatic carbocycles. The van der Waals surface area contributed by atoms with Gasteiger partial charge in [0.25, 0.3) is 0 Å². The van der Waals surface area contributed by atoms with Crippen molar-refractivity contribution in [2.24, 2.45) is 0 Å². The number of aromatic amines is 1. The van der Waals surface area contributed by atoms with Crippen molar-refractivity contribution in [1.29, 1.82) is 0 Å². The quantitative estimate of drug-likeness (QED) is 0.350. The van der Waals surface area contributed by atoms with Crippen molar-refractivity contribution in [3.63, 3.8) is 0 Å². The highest BCUT2D eigenvalue weighted by Crippen LogP contribution is 2.33. The monoisotopic (exact) mass is 489 g/mol. The molecule has 176 valence electrons. The van der Waals surface area contributed by atoms with Crippen LogP contribution in [0.2, 0.25) is 0 Å². The number of anilines is 1. The minimum atomic E-state index is -3.98. The van der Waals surface area contributed by atoms with Gasteiger partial charge in [-0.15, -0.1) is 0 Å². The number of nitrogens with one attached hydrogen (secondary N) is 2. The zero-order valence-electron chi connectivity index (χ0n) is 17.7. The molecule has 0 bridgehead atoms. The first-order valence-corrected chi connectivity index (χ1v) is 11.5. The predicted molar refractivity (Wildman–Crippen MR) is 117 cm³/mol. The second-order valence-electron chi connectivity index (χ2n) is 7.26. The Morgan fingerprint density at radius 3 is 2.53 bits per heavy atom. The number of aromatic nitrogens is 4. The molecule has 4 rings (SSSR count). The first-order valence-electron chi connectivity index (χ1n) is 9.61. The molecule has 0 aliphatic rings. The topological polar surface area (TPSA) is 147 Å². The minimum Gasteiger partial charge on any atom is -0.464 e. The van der Waals surface area contributed by atoms with E-state index in [1.54, 1.807) is 16.9 Å². The molecule has 1 atom stereocenters. The number of halogens is 2. The molecule has 3 aromatic heterocycles. The molecule has 3 N–H and O–H groups in total. The maximum atomic E-state index is 15.0. The van der Waals surface area contributed by atoms with Gasteiger partial charge in [-0.2, -0.15) is 5.10 Å². The van der Waals surface area contributed by atoms with Gasteiger partial charge >= 0.3 is 5.97 Å². The van der Waals surface area contributed by atoms with Crippen molar-refractivity contribution in [2.75, 3.05) is 18.1 Å². The molecule has 0 amide bonds. The maximum Gasteiger partial charge on any atom is 0.356 e. The van der Waals surface area contributed by atoms with E-state index in [1.807, 2.05) is 0 Å². The van der Waals surface area contributed by atoms with Gasteiger partial charge in [-0.25, -0.2) is 32.0 Å². The van der Waals surface area contributed by atoms with Crippen LogP contribution in [-0.2, 0) is 14.8 Å². The molecule has 4 aromatic rings. The molecule has 13 heteroatoms. The van der Waals surface area contributed by atoms with Crippen LogP contribution in [0.15, 0.2) is 42.7 Å². The molecular weight excluding hydrogens is 472 g/mol. The number of ether oxygens (including phenoxy) is 1. The van der Waals surface area contributed by atoms with Crippen LogP contribution >= 0.6 is 0 Å². The molecule has 0 saturated carbocycles. The number of H-pyrrole nitrogens is 1. The number of pyridine rings is 2. The lowest BCUT2D eigenvalue weighted by Gasteiger charge is -2.15. The average Bonchev–Trinajstić information content (AvgIpc) is 3.23. The highest BCUT2D eigenvalue weighted by Gasteiger charge is 2.25. The molecule has 0 aliphatic carbocycles. The van der Waals surface area contributed by atoms with Crippen LogP contribution < -0.4 is 4.72 Å². The molecule has 0 radical (unpaired) electrons. The Morgan fingerprint density at radius 1 is 1.15 bits per heavy atom. The highest BCUT2D eigenvalue weighted by molar-refractivity contribution is 7.92. The SMILES string of the molecule is COC(=O)c1ccc(-c2cnc3n[nH]c(C(O)c4ccc(F)c(NS(C)(=O)=O)c4F)c3c2)cn1. The summed E-state index contributed by atoms with van der Waals surface area (Å²) < 4.78 is 58.4. The Balaban J connectivity index is 1.75. The van der Waals surface area contributed by atoms with Gasteiger partial charge in [0.15, 0.2) is 11.5 Å². The molecule has 10 nitrogen and oxygen atoms in total. The zero-order chi connectivity index (χ0) is 24.6. The van der Waals surface area contributed by atoms with Crippen LogP contribution in [0.1, 0.15) is 27.8 Å². The van der Waals surface area contributed by atoms with E-state index < -0.39 is 39.4 Å². The van der Waals surface area contributed by atoms with E-state index in [9.17, 15) is 27.1 Å². The number of nitrogens with zero attached hydrogens (tertiary/aromatic N) is 3. The molecule has 0 aliphatic heterocycles. The Morgan fingerprint density at radius 2 is 1.88 bits per heavy atom. The Kier molecular flexibility index (Phi) is 5.98. The van der Waals surface area contributed by atoms with Gasteiger partial charge in [-0.05, 0) is 18.2 Å². The van der Waals surface area contributed by atoms with Crippen LogP contribution in [0, 0.1) is 11.6 Å². The number of aliphatic hydroxyl groups excluding tert-OH is 1. The average molecular weight is 489 g/mol. The van der Waals surface area contributed by atoms with E-state index in [-0.39, 0.29) is 22.6 Å². The summed E-state index contributed by atoms with van der Waals surface area (Å²) in [4.78, 5) is 19.8. The lowest BCUT2D eigenvalue weighted by molar-refractivity contribution is 0.0594. The van der Waals surface area contributed by atoms with Crippen molar-refractivity contribution in [2.45, 2.75) is 6.10 Å². The number of aliphatic hydroxyl groups is 1. The third-order valence-corrected chi connectivity index (χ3v) is 5.48. The Labute approximate surface area is 191 Å². The molecule has 34 heavy (non-hydrogen) atoms. The summed E-state index contributed by atoms with van der Waals surface area (Å²) in [6.07, 6.45) is 2.04. The molecule has 3 heterocycles. The number of hydrogen-bond donors (Lipinski definition) is 3. The lowest BCUT2D eigenvalue weighted by Crippen LogP contribution is -2.14. The minimum absolute atomic E-state index is 0.0549. The third-order valence-electron chi connectivity index (χ3n) is 4.91. The van der Waals surface area contributed by atoms with E-state index >= 15 is 0 Å². The van der Waals surface area contributed by atoms with Crippen LogP contribution in [0.5, 0.6) is 0 Å². The van der Waals surface area contributed by atoms with Gasteiger partial charge in [0, 0.05) is 34.5 Å². The summed E-state index contributed by atoms with van der Waals surface area (Å²) in [6, 6.07) is 6.56. The van der Waals surface area contributed by atoms with Gasteiger partial charge in [0.05, 0.1) is 19.1 Å². The van der Waals surface area contributed by atoms with E-state index in [2.05, 4.69) is 24.9 Å². The van der Waals surface area contributed by atoms with Crippen molar-refractivity contribution < 1.29 is 31.8 Å². The normalized spacial score (nSPS) is 12.5. The fourth-order valence-electron chi connectivity index (χ4n) is 3.29. The van der Waals surface area contributed by atoms with Gasteiger partial charge in [0.2, 0.25) is 10.0 Å². The van der Waals surface area contributed by atoms with Crippen LogP contribution in [0.25, 0.3) is 22.2 Å². The first kappa shape index (κ1) is 23.2. The zero-order valence-corrected chi connectivity index (χ0v) is 18.5. The van der Waals surface area contributed by atoms with E-state index in [1.165, 1.54) is 25.6 Å². The van der Waals surface area contributed by atoms with Gasteiger partial charge in [0.1, 0.15) is 23.3 Å². The molecule has 0 spiro atoms. The maximum absolute atomic E-state index is 15.0. The van der Waals surface area contributed by atoms with Gasteiger partial charge in [-0.1, -0.05) is 12.1 Å². The molecular formula is C21H17F2N5O5S. The van der Waals surface area contributed by atoms with E-state index in [4.69, 9.17) is 0 Å². The fraction of sp³-hybridized carbons (Fsp3) is 0.143. The van der Waals surface area contributed by atoms with E-state index in [0.717, 1.165) is 18.4 Å². The number of carbonyl (C=O) groups is 1. The second kappa shape index (κ2) is 8.76. The number of methoxy groups -OCH3 is 1. The highest BCUT2D eigenvalue weighted by atomic mass is 32.2. The lowest BCUT2D eigenvalue weighted by atomic mass is 10.0. The number of rotatable bonds is 6. The Hall–Kier alpha value is -3.97. The van der Waals surface area contributed by atoms with Crippen molar-refractivity contribution in [3.8, 4) is 11.1 Å². The molecule has 0 fully saturated rings. The summed E-state index contributed by atoms with van der Waals surface area (Å²) in [7, 11) is -2.73. The number of carbonyl (C=O) groups excluding carboxylic acids is 1. The number of hydrogen-bond acceptors (Lipinski definition) is 8. The number of sulfonamides is 1. The van der Waals surface area contributed by atoms with Crippen molar-refractivity contribution in [3.05, 3.63) is 71.3 Å².